The molecule has 0 aromatic heterocycles. The Kier molecular flexibility index (Phi) is 6.90. The number of rotatable bonds is 5. The van der Waals surface area contributed by atoms with E-state index in [2.05, 4.69) is 5.32 Å². The van der Waals surface area contributed by atoms with Crippen LogP contribution in [0.15, 0.2) is 28.7 Å². The predicted octanol–water partition coefficient (Wildman–Crippen LogP) is 0.930. The number of nitrogens with one attached hydrogen (secondary N) is 1. The molecule has 1 saturated carbocycles. The zero-order chi connectivity index (χ0) is 31.1. The maximum absolute atomic E-state index is 15.5. The summed E-state index contributed by atoms with van der Waals surface area (Å²) < 4.78 is 15.5. The van der Waals surface area contributed by atoms with Gasteiger partial charge in [0, 0.05) is 36.2 Å². The fourth-order valence-corrected chi connectivity index (χ4v) is 8.22. The number of aliphatic hydroxyl groups excluding tert-OH is 2. The molecule has 0 radical (unpaired) electrons. The number of nitrogens with zero attached hydrogens (tertiary/aromatic N) is 2. The summed E-state index contributed by atoms with van der Waals surface area (Å²) in [4.78, 5) is 55.6. The van der Waals surface area contributed by atoms with E-state index in [0.29, 0.717) is 11.8 Å². The molecule has 6 rings (SSSR count). The quantitative estimate of drug-likeness (QED) is 0.210. The van der Waals surface area contributed by atoms with Gasteiger partial charge in [0.1, 0.15) is 22.9 Å². The Morgan fingerprint density at radius 2 is 1.81 bits per heavy atom. The van der Waals surface area contributed by atoms with Crippen LogP contribution < -0.4 is 11.1 Å². The second kappa shape index (κ2) is 10.1. The maximum Gasteiger partial charge on any atom is 0.255 e. The highest BCUT2D eigenvalue weighted by atomic mass is 19.1. The van der Waals surface area contributed by atoms with Crippen molar-refractivity contribution in [3.05, 3.63) is 45.7 Å². The standard InChI is InChI=1S/C30H35FN4O8/c1-34(2)23-16-7-14-6-15-17(31)8-18(33-19(36)11-35-9-12-4-3-5-13(12)10-35)24(37)21(15)25(38)20(14)27(40)30(16,43)28(41)22(26(23)39)29(32)42/h8,12-14,16,23,37,39-40,43H,3-7,9-11H2,1-2H3,(H2,32,42)(H,33,36)/t12?,13?,14-,16-,23-,30-/m0/s1. The van der Waals surface area contributed by atoms with Crippen LogP contribution in [0, 0.1) is 29.5 Å². The summed E-state index contributed by atoms with van der Waals surface area (Å²) in [6.45, 7) is 1.62. The molecule has 2 unspecified atom stereocenters. The molecule has 2 fully saturated rings. The highest BCUT2D eigenvalue weighted by molar-refractivity contribution is 6.25. The average molecular weight is 599 g/mol. The lowest BCUT2D eigenvalue weighted by molar-refractivity contribution is -0.148. The lowest BCUT2D eigenvalue weighted by Crippen LogP contribution is -2.63. The van der Waals surface area contributed by atoms with Gasteiger partial charge in [-0.1, -0.05) is 6.42 Å². The van der Waals surface area contributed by atoms with Crippen LogP contribution in [-0.2, 0) is 20.8 Å². The van der Waals surface area contributed by atoms with E-state index in [-0.39, 0.29) is 30.6 Å². The molecule has 12 nitrogen and oxygen atoms in total. The summed E-state index contributed by atoms with van der Waals surface area (Å²) in [5, 5.41) is 47.5. The molecule has 1 aromatic rings. The number of phenols is 1. The first-order valence-electron chi connectivity index (χ1n) is 14.5. The van der Waals surface area contributed by atoms with Gasteiger partial charge in [-0.05, 0) is 57.5 Å². The Hall–Kier alpha value is -3.81. The van der Waals surface area contributed by atoms with Crippen molar-refractivity contribution >= 4 is 29.1 Å². The second-order valence-corrected chi connectivity index (χ2v) is 12.8. The molecule has 230 valence electrons. The number of primary amides is 1. The SMILES string of the molecule is CN(C)[C@@H]1C(O)=C(C(N)=O)C(=O)[C@@]2(O)C(O)=C3C(=O)c4c(O)c(NC(=O)CN5CC6CCCC6C5)cc(F)c4C[C@H]3C[C@@H]12. The van der Waals surface area contributed by atoms with Crippen LogP contribution in [0.5, 0.6) is 5.75 Å². The Labute approximate surface area is 246 Å². The highest BCUT2D eigenvalue weighted by Crippen LogP contribution is 2.53. The summed E-state index contributed by atoms with van der Waals surface area (Å²) in [7, 11) is 3.05. The van der Waals surface area contributed by atoms with Crippen molar-refractivity contribution in [1.29, 1.82) is 0 Å². The molecular formula is C30H35FN4O8. The number of ketones is 2. The fraction of sp³-hybridized carbons (Fsp3) is 0.533. The topological polar surface area (TPSA) is 194 Å². The van der Waals surface area contributed by atoms with E-state index >= 15 is 4.39 Å². The van der Waals surface area contributed by atoms with Crippen molar-refractivity contribution in [2.45, 2.75) is 43.7 Å². The highest BCUT2D eigenvalue weighted by Gasteiger charge is 2.63. The van der Waals surface area contributed by atoms with Gasteiger partial charge >= 0.3 is 0 Å². The predicted molar refractivity (Wildman–Crippen MR) is 150 cm³/mol. The second-order valence-electron chi connectivity index (χ2n) is 12.8. The van der Waals surface area contributed by atoms with Crippen LogP contribution in [-0.4, -0.2) is 99.0 Å². The van der Waals surface area contributed by atoms with Crippen molar-refractivity contribution in [3.8, 4) is 5.75 Å². The van der Waals surface area contributed by atoms with Crippen molar-refractivity contribution < 1.29 is 44.0 Å². The van der Waals surface area contributed by atoms with E-state index in [0.717, 1.165) is 32.0 Å². The van der Waals surface area contributed by atoms with E-state index in [1.54, 1.807) is 0 Å². The van der Waals surface area contributed by atoms with Gasteiger partial charge < -0.3 is 31.5 Å². The molecule has 1 heterocycles. The number of allylic oxidation sites excluding steroid dienone is 1. The normalized spacial score (nSPS) is 32.1. The number of hydrogen-bond acceptors (Lipinski definition) is 10. The monoisotopic (exact) mass is 598 g/mol. The Morgan fingerprint density at radius 3 is 2.42 bits per heavy atom. The number of aromatic hydroxyl groups is 1. The minimum absolute atomic E-state index is 0.0409. The van der Waals surface area contributed by atoms with Gasteiger partial charge in [0.2, 0.25) is 11.7 Å². The third kappa shape index (κ3) is 4.27. The molecule has 2 amide bonds. The number of amides is 2. The number of benzene rings is 1. The molecule has 7 N–H and O–H groups in total. The number of carbonyl (C=O) groups is 4. The van der Waals surface area contributed by atoms with Crippen molar-refractivity contribution in [2.75, 3.05) is 39.0 Å². The minimum Gasteiger partial charge on any atom is -0.510 e. The molecule has 13 heteroatoms. The lowest BCUT2D eigenvalue weighted by Gasteiger charge is -2.50. The maximum atomic E-state index is 15.5. The number of likely N-dealkylation sites (tertiary alicyclic amines) is 1. The Balaban J connectivity index is 1.35. The van der Waals surface area contributed by atoms with E-state index in [1.807, 2.05) is 4.90 Å². The number of fused-ring (bicyclic) bond motifs is 4. The van der Waals surface area contributed by atoms with Crippen LogP contribution in [0.25, 0.3) is 0 Å². The first kappa shape index (κ1) is 29.3. The van der Waals surface area contributed by atoms with Crippen molar-refractivity contribution in [1.82, 2.24) is 9.80 Å². The molecule has 1 saturated heterocycles. The van der Waals surface area contributed by atoms with Crippen LogP contribution in [0.2, 0.25) is 0 Å². The summed E-state index contributed by atoms with van der Waals surface area (Å²) >= 11 is 0. The van der Waals surface area contributed by atoms with E-state index in [1.165, 1.54) is 25.4 Å². The molecule has 43 heavy (non-hydrogen) atoms. The molecule has 0 bridgehead atoms. The summed E-state index contributed by atoms with van der Waals surface area (Å²) in [5.41, 5.74) is 0.294. The number of Topliss-reactive ketones (excluding diaryl/α,β-unsaturated/α-hetero) is 2. The molecule has 5 aliphatic rings. The number of halogens is 1. The smallest absolute Gasteiger partial charge is 0.255 e. The molecular weight excluding hydrogens is 563 g/mol. The van der Waals surface area contributed by atoms with Gasteiger partial charge in [-0.2, -0.15) is 0 Å². The molecule has 0 spiro atoms. The summed E-state index contributed by atoms with van der Waals surface area (Å²) in [5.74, 6) is -8.45. The van der Waals surface area contributed by atoms with E-state index < -0.39 is 86.7 Å². The number of anilines is 1. The Morgan fingerprint density at radius 1 is 1.16 bits per heavy atom. The van der Waals surface area contributed by atoms with Crippen molar-refractivity contribution in [2.24, 2.45) is 29.4 Å². The average Bonchev–Trinajstić information content (AvgIpc) is 3.50. The van der Waals surface area contributed by atoms with Gasteiger partial charge in [-0.15, -0.1) is 0 Å². The van der Waals surface area contributed by atoms with Gasteiger partial charge in [-0.3, -0.25) is 29.0 Å². The third-order valence-electron chi connectivity index (χ3n) is 10.1. The fourth-order valence-electron chi connectivity index (χ4n) is 8.22. The molecule has 6 atom stereocenters. The molecule has 1 aromatic carbocycles. The number of phenolic OH excluding ortho intramolecular Hbond substituents is 1. The van der Waals surface area contributed by atoms with E-state index in [4.69, 9.17) is 5.73 Å². The van der Waals surface area contributed by atoms with Gasteiger partial charge in [-0.25, -0.2) is 4.39 Å². The van der Waals surface area contributed by atoms with E-state index in [9.17, 15) is 39.6 Å². The van der Waals surface area contributed by atoms with Gasteiger partial charge in [0.05, 0.1) is 23.8 Å². The number of carbonyl (C=O) groups excluding carboxylic acids is 4. The Bertz CT molecular complexity index is 1520. The van der Waals surface area contributed by atoms with Crippen molar-refractivity contribution in [3.63, 3.8) is 0 Å². The summed E-state index contributed by atoms with van der Waals surface area (Å²) in [6.07, 6.45) is 3.11. The van der Waals surface area contributed by atoms with Crippen LogP contribution in [0.4, 0.5) is 10.1 Å². The first-order chi connectivity index (χ1) is 20.2. The van der Waals surface area contributed by atoms with Gasteiger partial charge in [0.15, 0.2) is 17.1 Å². The molecule has 4 aliphatic carbocycles. The largest absolute Gasteiger partial charge is 0.510 e. The minimum atomic E-state index is -2.79. The number of aliphatic hydroxyl groups is 3. The first-order valence-corrected chi connectivity index (χ1v) is 14.5. The zero-order valence-corrected chi connectivity index (χ0v) is 23.9. The van der Waals surface area contributed by atoms with Crippen LogP contribution >= 0.6 is 0 Å². The number of likely N-dealkylation sites (N-methyl/N-ethyl adjacent to an activating group) is 1. The summed E-state index contributed by atoms with van der Waals surface area (Å²) in [6, 6.07) is -0.192. The number of hydrogen-bond donors (Lipinski definition) is 6. The van der Waals surface area contributed by atoms with Gasteiger partial charge in [0.25, 0.3) is 5.91 Å². The van der Waals surface area contributed by atoms with Crippen LogP contribution in [0.3, 0.4) is 0 Å². The number of nitrogens with two attached hydrogens (primary N) is 1. The lowest BCUT2D eigenvalue weighted by atomic mass is 9.58. The molecule has 1 aliphatic heterocycles. The van der Waals surface area contributed by atoms with Crippen LogP contribution in [0.1, 0.15) is 41.6 Å². The third-order valence-corrected chi connectivity index (χ3v) is 10.1. The zero-order valence-electron chi connectivity index (χ0n) is 23.9.